The van der Waals surface area contributed by atoms with E-state index in [0.717, 1.165) is 32.2 Å². The third-order valence-corrected chi connectivity index (χ3v) is 4.99. The maximum Gasteiger partial charge on any atom is 0.0662 e. The van der Waals surface area contributed by atoms with Gasteiger partial charge in [-0.1, -0.05) is 31.5 Å². The molecular formula is C18H25NO. The van der Waals surface area contributed by atoms with Gasteiger partial charge in [-0.15, -0.1) is 0 Å². The fourth-order valence-corrected chi connectivity index (χ4v) is 3.91. The summed E-state index contributed by atoms with van der Waals surface area (Å²) in [5, 5.41) is 9.64. The Bertz CT molecular complexity index is 559. The second kappa shape index (κ2) is 5.25. The quantitative estimate of drug-likeness (QED) is 0.911. The van der Waals surface area contributed by atoms with Crippen molar-refractivity contribution in [3.8, 4) is 0 Å². The molecule has 0 spiro atoms. The first-order chi connectivity index (χ1) is 9.67. The van der Waals surface area contributed by atoms with Gasteiger partial charge in [0.25, 0.3) is 0 Å². The highest BCUT2D eigenvalue weighted by molar-refractivity contribution is 5.45. The Morgan fingerprint density at radius 1 is 1.30 bits per heavy atom. The number of fused-ring (bicyclic) bond motifs is 2. The largest absolute Gasteiger partial charge is 0.392 e. The van der Waals surface area contributed by atoms with Gasteiger partial charge >= 0.3 is 0 Å². The van der Waals surface area contributed by atoms with Crippen LogP contribution in [0.5, 0.6) is 0 Å². The van der Waals surface area contributed by atoms with Gasteiger partial charge in [-0.3, -0.25) is 0 Å². The molecule has 0 aromatic heterocycles. The van der Waals surface area contributed by atoms with Crippen molar-refractivity contribution in [3.05, 3.63) is 45.7 Å². The molecule has 2 heteroatoms. The normalized spacial score (nSPS) is 21.2. The number of hydrogen-bond donors (Lipinski definition) is 1. The molecule has 108 valence electrons. The van der Waals surface area contributed by atoms with E-state index >= 15 is 0 Å². The van der Waals surface area contributed by atoms with Crippen molar-refractivity contribution < 1.29 is 5.11 Å². The SMILES string of the molecule is CCc1cc(C)cc2c1CN1C(=C(CO)C[C@@H]1CC)C2. The van der Waals surface area contributed by atoms with Gasteiger partial charge in [0.1, 0.15) is 0 Å². The van der Waals surface area contributed by atoms with Crippen LogP contribution in [0, 0.1) is 6.92 Å². The highest BCUT2D eigenvalue weighted by atomic mass is 16.3. The van der Waals surface area contributed by atoms with Gasteiger partial charge in [-0.2, -0.15) is 0 Å². The summed E-state index contributed by atoms with van der Waals surface area (Å²) >= 11 is 0. The summed E-state index contributed by atoms with van der Waals surface area (Å²) in [4.78, 5) is 2.56. The van der Waals surface area contributed by atoms with Crippen LogP contribution < -0.4 is 0 Å². The van der Waals surface area contributed by atoms with Gasteiger partial charge in [-0.05, 0) is 48.4 Å². The number of allylic oxidation sites excluding steroid dienone is 1. The molecule has 1 aromatic rings. The third kappa shape index (κ3) is 2.07. The average molecular weight is 271 g/mol. The average Bonchev–Trinajstić information content (AvgIpc) is 2.81. The number of hydrogen-bond acceptors (Lipinski definition) is 2. The number of rotatable bonds is 3. The molecule has 1 aromatic carbocycles. The van der Waals surface area contributed by atoms with Crippen LogP contribution in [0.2, 0.25) is 0 Å². The third-order valence-electron chi connectivity index (χ3n) is 4.99. The van der Waals surface area contributed by atoms with Crippen LogP contribution in [0.1, 0.15) is 48.9 Å². The van der Waals surface area contributed by atoms with Crippen molar-refractivity contribution in [3.63, 3.8) is 0 Å². The monoisotopic (exact) mass is 271 g/mol. The van der Waals surface area contributed by atoms with Gasteiger partial charge in [0.2, 0.25) is 0 Å². The lowest BCUT2D eigenvalue weighted by atomic mass is 9.90. The summed E-state index contributed by atoms with van der Waals surface area (Å²) in [6.07, 6.45) is 4.34. The van der Waals surface area contributed by atoms with Gasteiger partial charge < -0.3 is 10.0 Å². The first kappa shape index (κ1) is 13.7. The summed E-state index contributed by atoms with van der Waals surface area (Å²) in [5.74, 6) is 0. The molecule has 0 bridgehead atoms. The molecule has 0 amide bonds. The molecule has 1 atom stereocenters. The molecule has 0 saturated heterocycles. The number of nitrogens with zero attached hydrogens (tertiary/aromatic N) is 1. The predicted molar refractivity (Wildman–Crippen MR) is 82.6 cm³/mol. The lowest BCUT2D eigenvalue weighted by Crippen LogP contribution is -2.33. The van der Waals surface area contributed by atoms with E-state index in [4.69, 9.17) is 0 Å². The van der Waals surface area contributed by atoms with Crippen LogP contribution in [0.4, 0.5) is 0 Å². The molecule has 2 heterocycles. The summed E-state index contributed by atoms with van der Waals surface area (Å²) in [7, 11) is 0. The molecule has 2 aliphatic rings. The van der Waals surface area contributed by atoms with Crippen LogP contribution in [-0.4, -0.2) is 22.7 Å². The van der Waals surface area contributed by atoms with E-state index in [1.165, 1.54) is 28.0 Å². The lowest BCUT2D eigenvalue weighted by Gasteiger charge is -2.36. The smallest absolute Gasteiger partial charge is 0.0662 e. The molecule has 0 fully saturated rings. The fraction of sp³-hybridized carbons (Fsp3) is 0.556. The summed E-state index contributed by atoms with van der Waals surface area (Å²) < 4.78 is 0. The molecule has 0 radical (unpaired) electrons. The molecule has 0 aliphatic carbocycles. The minimum absolute atomic E-state index is 0.226. The van der Waals surface area contributed by atoms with E-state index in [0.29, 0.717) is 6.04 Å². The van der Waals surface area contributed by atoms with Crippen LogP contribution in [-0.2, 0) is 19.4 Å². The topological polar surface area (TPSA) is 23.5 Å². The Morgan fingerprint density at radius 3 is 2.75 bits per heavy atom. The zero-order chi connectivity index (χ0) is 14.3. The summed E-state index contributed by atoms with van der Waals surface area (Å²) in [6, 6.07) is 5.27. The van der Waals surface area contributed by atoms with Crippen LogP contribution in [0.3, 0.4) is 0 Å². The van der Waals surface area contributed by atoms with E-state index < -0.39 is 0 Å². The first-order valence-electron chi connectivity index (χ1n) is 7.87. The van der Waals surface area contributed by atoms with Crippen molar-refractivity contribution in [1.29, 1.82) is 0 Å². The predicted octanol–water partition coefficient (Wildman–Crippen LogP) is 3.34. The standard InChI is InChI=1S/C18H25NO/c1-4-13-6-12(3)7-14-9-18-15(11-20)8-16(5-2)19(18)10-17(13)14/h6-7,16,20H,4-5,8-11H2,1-3H3/t16-/m0/s1. The fourth-order valence-electron chi connectivity index (χ4n) is 3.91. The van der Waals surface area contributed by atoms with Crippen LogP contribution >= 0.6 is 0 Å². The zero-order valence-corrected chi connectivity index (χ0v) is 12.9. The van der Waals surface area contributed by atoms with Gasteiger partial charge in [0.05, 0.1) is 6.61 Å². The van der Waals surface area contributed by atoms with Crippen molar-refractivity contribution in [2.75, 3.05) is 6.61 Å². The molecule has 3 rings (SSSR count). The van der Waals surface area contributed by atoms with Gasteiger partial charge in [-0.25, -0.2) is 0 Å². The highest BCUT2D eigenvalue weighted by Gasteiger charge is 2.34. The molecule has 2 aliphatic heterocycles. The highest BCUT2D eigenvalue weighted by Crippen LogP contribution is 2.39. The van der Waals surface area contributed by atoms with Crippen molar-refractivity contribution >= 4 is 0 Å². The Labute approximate surface area is 122 Å². The van der Waals surface area contributed by atoms with Gasteiger partial charge in [0.15, 0.2) is 0 Å². The Balaban J connectivity index is 2.06. The first-order valence-corrected chi connectivity index (χ1v) is 7.87. The maximum atomic E-state index is 9.64. The molecule has 0 saturated carbocycles. The second-order valence-electron chi connectivity index (χ2n) is 6.19. The number of aliphatic hydroxyl groups excluding tert-OH is 1. The minimum Gasteiger partial charge on any atom is -0.392 e. The molecule has 2 nitrogen and oxygen atoms in total. The molecule has 1 N–H and O–H groups in total. The number of benzene rings is 1. The van der Waals surface area contributed by atoms with Crippen LogP contribution in [0.25, 0.3) is 0 Å². The van der Waals surface area contributed by atoms with E-state index in [9.17, 15) is 5.11 Å². The number of aryl methyl sites for hydroxylation is 2. The lowest BCUT2D eigenvalue weighted by molar-refractivity contribution is 0.248. The van der Waals surface area contributed by atoms with Crippen LogP contribution in [0.15, 0.2) is 23.4 Å². The Morgan fingerprint density at radius 2 is 2.10 bits per heavy atom. The van der Waals surface area contributed by atoms with E-state index in [2.05, 4.69) is 37.8 Å². The summed E-state index contributed by atoms with van der Waals surface area (Å²) in [6.45, 7) is 7.96. The molecule has 20 heavy (non-hydrogen) atoms. The minimum atomic E-state index is 0.226. The molecular weight excluding hydrogens is 246 g/mol. The van der Waals surface area contributed by atoms with E-state index in [-0.39, 0.29) is 6.61 Å². The van der Waals surface area contributed by atoms with Crippen molar-refractivity contribution in [2.24, 2.45) is 0 Å². The van der Waals surface area contributed by atoms with Crippen molar-refractivity contribution in [2.45, 2.75) is 59.0 Å². The Hall–Kier alpha value is -1.28. The summed E-state index contributed by atoms with van der Waals surface area (Å²) in [5.41, 5.74) is 8.56. The second-order valence-corrected chi connectivity index (χ2v) is 6.19. The van der Waals surface area contributed by atoms with E-state index in [1.54, 1.807) is 5.56 Å². The number of aliphatic hydroxyl groups is 1. The van der Waals surface area contributed by atoms with Crippen molar-refractivity contribution in [1.82, 2.24) is 4.90 Å². The van der Waals surface area contributed by atoms with E-state index in [1.807, 2.05) is 0 Å². The Kier molecular flexibility index (Phi) is 3.59. The van der Waals surface area contributed by atoms with Gasteiger partial charge in [0, 0.05) is 24.7 Å². The maximum absolute atomic E-state index is 9.64. The zero-order valence-electron chi connectivity index (χ0n) is 12.9. The molecule has 0 unspecified atom stereocenters.